The number of aryl methyl sites for hydroxylation is 2. The van der Waals surface area contributed by atoms with Crippen LogP contribution in [0.3, 0.4) is 0 Å². The van der Waals surface area contributed by atoms with Crippen LogP contribution in [0.25, 0.3) is 0 Å². The van der Waals surface area contributed by atoms with Gasteiger partial charge in [0.2, 0.25) is 0 Å². The van der Waals surface area contributed by atoms with Crippen LogP contribution >= 0.6 is 39.7 Å². The van der Waals surface area contributed by atoms with E-state index in [1.165, 1.54) is 0 Å². The second kappa shape index (κ2) is 7.55. The fourth-order valence-corrected chi connectivity index (χ4v) is 3.16. The van der Waals surface area contributed by atoms with Crippen LogP contribution < -0.4 is 10.6 Å². The molecule has 1 aromatic carbocycles. The van der Waals surface area contributed by atoms with E-state index in [0.29, 0.717) is 22.5 Å². The molecule has 9 heteroatoms. The fourth-order valence-electron chi connectivity index (χ4n) is 2.35. The van der Waals surface area contributed by atoms with Gasteiger partial charge in [0.05, 0.1) is 22.4 Å². The second-order valence-corrected chi connectivity index (χ2v) is 7.17. The molecule has 0 unspecified atom stereocenters. The third kappa shape index (κ3) is 4.39. The minimum Gasteiger partial charge on any atom is -0.330 e. The summed E-state index contributed by atoms with van der Waals surface area (Å²) in [5.41, 5.74) is 2.72. The Kier molecular flexibility index (Phi) is 5.41. The average molecular weight is 440 g/mol. The molecule has 25 heavy (non-hydrogen) atoms. The quantitative estimate of drug-likeness (QED) is 0.597. The van der Waals surface area contributed by atoms with Gasteiger partial charge in [-0.05, 0) is 46.7 Å². The maximum Gasteiger partial charge on any atom is 0.176 e. The van der Waals surface area contributed by atoms with Gasteiger partial charge in [-0.2, -0.15) is 10.2 Å². The number of halogens is 2. The number of hydrogen-bond donors (Lipinski definition) is 2. The third-order valence-corrected chi connectivity index (χ3v) is 4.65. The Morgan fingerprint density at radius 2 is 2.00 bits per heavy atom. The molecule has 130 valence electrons. The van der Waals surface area contributed by atoms with Crippen molar-refractivity contribution in [2.75, 3.05) is 10.6 Å². The summed E-state index contributed by atoms with van der Waals surface area (Å²) in [5.74, 6) is 0.631. The van der Waals surface area contributed by atoms with Crippen LogP contribution in [0, 0.1) is 6.92 Å². The zero-order chi connectivity index (χ0) is 18.0. The van der Waals surface area contributed by atoms with Crippen molar-refractivity contribution in [3.63, 3.8) is 0 Å². The fraction of sp³-hybridized carbons (Fsp3) is 0.188. The van der Waals surface area contributed by atoms with Crippen molar-refractivity contribution < 1.29 is 0 Å². The first-order chi connectivity index (χ1) is 11.9. The Hall–Kier alpha value is -1.90. The van der Waals surface area contributed by atoms with E-state index in [1.54, 1.807) is 9.36 Å². The van der Waals surface area contributed by atoms with Crippen molar-refractivity contribution >= 4 is 56.4 Å². The van der Waals surface area contributed by atoms with E-state index < -0.39 is 0 Å². The second-order valence-electron chi connectivity index (χ2n) is 5.50. The lowest BCUT2D eigenvalue weighted by atomic mass is 10.2. The molecule has 0 atom stereocenters. The summed E-state index contributed by atoms with van der Waals surface area (Å²) in [6.45, 7) is 2.49. The average Bonchev–Trinajstić information content (AvgIpc) is 3.03. The lowest BCUT2D eigenvalue weighted by molar-refractivity contribution is 0.690. The molecule has 0 radical (unpaired) electrons. The van der Waals surface area contributed by atoms with E-state index in [0.717, 1.165) is 21.4 Å². The highest BCUT2D eigenvalue weighted by atomic mass is 79.9. The normalized spacial score (nSPS) is 10.7. The minimum atomic E-state index is 0.444. The van der Waals surface area contributed by atoms with Gasteiger partial charge in [0.15, 0.2) is 10.9 Å². The van der Waals surface area contributed by atoms with E-state index in [9.17, 15) is 0 Å². The first kappa shape index (κ1) is 17.9. The molecule has 2 heterocycles. The monoisotopic (exact) mass is 438 g/mol. The van der Waals surface area contributed by atoms with Crippen LogP contribution in [-0.2, 0) is 13.6 Å². The number of anilines is 2. The van der Waals surface area contributed by atoms with Gasteiger partial charge in [-0.3, -0.25) is 9.36 Å². The number of benzene rings is 1. The Bertz CT molecular complexity index is 919. The predicted octanol–water partition coefficient (Wildman–Crippen LogP) is 4.20. The first-order valence-corrected chi connectivity index (χ1v) is 9.05. The highest BCUT2D eigenvalue weighted by Gasteiger charge is 2.11. The molecule has 0 aliphatic rings. The predicted molar refractivity (Wildman–Crippen MR) is 108 cm³/mol. The van der Waals surface area contributed by atoms with Crippen molar-refractivity contribution in [3.8, 4) is 0 Å². The molecule has 0 aliphatic heterocycles. The van der Waals surface area contributed by atoms with Crippen molar-refractivity contribution in [2.45, 2.75) is 13.5 Å². The summed E-state index contributed by atoms with van der Waals surface area (Å²) in [4.78, 5) is 0. The third-order valence-electron chi connectivity index (χ3n) is 3.50. The molecule has 0 fully saturated rings. The van der Waals surface area contributed by atoms with Gasteiger partial charge in [0.1, 0.15) is 0 Å². The maximum atomic E-state index is 6.20. The highest BCUT2D eigenvalue weighted by Crippen LogP contribution is 2.23. The smallest absolute Gasteiger partial charge is 0.176 e. The number of thiocarbonyl (C=S) groups is 1. The van der Waals surface area contributed by atoms with Crippen LogP contribution in [-0.4, -0.2) is 24.7 Å². The van der Waals surface area contributed by atoms with Crippen molar-refractivity contribution in [1.82, 2.24) is 19.6 Å². The van der Waals surface area contributed by atoms with Gasteiger partial charge >= 0.3 is 0 Å². The van der Waals surface area contributed by atoms with Gasteiger partial charge < -0.3 is 10.6 Å². The molecule has 0 saturated heterocycles. The summed E-state index contributed by atoms with van der Waals surface area (Å²) in [6, 6.07) is 7.70. The maximum absolute atomic E-state index is 6.20. The molecule has 0 spiro atoms. The van der Waals surface area contributed by atoms with Crippen LogP contribution in [0.2, 0.25) is 5.02 Å². The Morgan fingerprint density at radius 3 is 2.68 bits per heavy atom. The number of rotatable bonds is 4. The van der Waals surface area contributed by atoms with Crippen LogP contribution in [0.15, 0.2) is 41.1 Å². The number of aromatic nitrogens is 4. The summed E-state index contributed by atoms with van der Waals surface area (Å²) < 4.78 is 4.34. The zero-order valence-electron chi connectivity index (χ0n) is 13.6. The molecule has 2 aromatic heterocycles. The van der Waals surface area contributed by atoms with Gasteiger partial charge in [-0.25, -0.2) is 0 Å². The van der Waals surface area contributed by atoms with Crippen molar-refractivity contribution in [2.24, 2.45) is 7.05 Å². The summed E-state index contributed by atoms with van der Waals surface area (Å²) in [5, 5.41) is 16.1. The summed E-state index contributed by atoms with van der Waals surface area (Å²) >= 11 is 15.1. The van der Waals surface area contributed by atoms with Gasteiger partial charge in [-0.15, -0.1) is 0 Å². The van der Waals surface area contributed by atoms with Gasteiger partial charge in [0, 0.05) is 24.5 Å². The van der Waals surface area contributed by atoms with E-state index in [2.05, 4.69) is 36.8 Å². The van der Waals surface area contributed by atoms with E-state index in [4.69, 9.17) is 23.8 Å². The molecule has 2 N–H and O–H groups in total. The number of nitrogens with zero attached hydrogens (tertiary/aromatic N) is 4. The largest absolute Gasteiger partial charge is 0.330 e. The van der Waals surface area contributed by atoms with Crippen LogP contribution in [0.1, 0.15) is 11.3 Å². The molecule has 6 nitrogen and oxygen atoms in total. The molecule has 3 rings (SSSR count). The zero-order valence-corrected chi connectivity index (χ0v) is 16.8. The molecular formula is C16H16BrClN6S. The molecule has 0 bridgehead atoms. The topological polar surface area (TPSA) is 59.7 Å². The summed E-state index contributed by atoms with van der Waals surface area (Å²) in [7, 11) is 1.86. The minimum absolute atomic E-state index is 0.444. The first-order valence-electron chi connectivity index (χ1n) is 7.47. The van der Waals surface area contributed by atoms with Gasteiger partial charge in [-0.1, -0.05) is 29.8 Å². The lowest BCUT2D eigenvalue weighted by Crippen LogP contribution is -2.20. The Balaban J connectivity index is 1.69. The van der Waals surface area contributed by atoms with Crippen LogP contribution in [0.4, 0.5) is 11.5 Å². The SMILES string of the molecule is Cc1nn(C)cc1NC(=S)Nc1nn(Cc2ccccc2Cl)cc1Br. The molecule has 0 aliphatic carbocycles. The van der Waals surface area contributed by atoms with E-state index >= 15 is 0 Å². The molecular weight excluding hydrogens is 424 g/mol. The molecule has 0 saturated carbocycles. The Morgan fingerprint density at radius 1 is 1.24 bits per heavy atom. The van der Waals surface area contributed by atoms with E-state index in [-0.39, 0.29) is 0 Å². The Labute approximate surface area is 164 Å². The number of nitrogens with one attached hydrogen (secondary N) is 2. The van der Waals surface area contributed by atoms with Crippen molar-refractivity contribution in [3.05, 3.63) is 57.4 Å². The van der Waals surface area contributed by atoms with Gasteiger partial charge in [0.25, 0.3) is 0 Å². The highest BCUT2D eigenvalue weighted by molar-refractivity contribution is 9.10. The van der Waals surface area contributed by atoms with E-state index in [1.807, 2.05) is 50.6 Å². The number of hydrogen-bond acceptors (Lipinski definition) is 3. The standard InChI is InChI=1S/C16H16BrClN6S/c1-10-14(9-23(2)21-10)19-16(25)20-15-12(17)8-24(22-15)7-11-5-3-4-6-13(11)18/h3-6,8-9H,7H2,1-2H3,(H2,19,20,22,25). The van der Waals surface area contributed by atoms with Crippen molar-refractivity contribution in [1.29, 1.82) is 0 Å². The molecule has 3 aromatic rings. The van der Waals surface area contributed by atoms with Crippen LogP contribution in [0.5, 0.6) is 0 Å². The lowest BCUT2D eigenvalue weighted by Gasteiger charge is -2.08. The molecule has 0 amide bonds. The summed E-state index contributed by atoms with van der Waals surface area (Å²) in [6.07, 6.45) is 3.75.